The molecular formula is C14H10ClN3O3. The quantitative estimate of drug-likeness (QED) is 0.533. The molecule has 0 bridgehead atoms. The van der Waals surface area contributed by atoms with Crippen LogP contribution in [0, 0.1) is 10.1 Å². The molecule has 7 heteroatoms. The van der Waals surface area contributed by atoms with Gasteiger partial charge in [0.05, 0.1) is 9.95 Å². The first-order chi connectivity index (χ1) is 10.1. The molecule has 0 radical (unpaired) electrons. The number of rotatable bonds is 4. The molecule has 106 valence electrons. The Balaban J connectivity index is 2.02. The van der Waals surface area contributed by atoms with Crippen LogP contribution in [0.4, 0.5) is 11.5 Å². The Morgan fingerprint density at radius 3 is 2.62 bits per heavy atom. The van der Waals surface area contributed by atoms with Gasteiger partial charge in [-0.05, 0) is 35.9 Å². The van der Waals surface area contributed by atoms with E-state index in [9.17, 15) is 14.9 Å². The molecule has 0 fully saturated rings. The number of carbonyl (C=O) groups excluding carboxylic acids is 1. The number of carbonyl (C=O) groups is 1. The van der Waals surface area contributed by atoms with Gasteiger partial charge in [0.1, 0.15) is 0 Å². The summed E-state index contributed by atoms with van der Waals surface area (Å²) in [6, 6.07) is 9.11. The third-order valence-electron chi connectivity index (χ3n) is 2.53. The van der Waals surface area contributed by atoms with Crippen LogP contribution in [0.25, 0.3) is 6.08 Å². The zero-order valence-electron chi connectivity index (χ0n) is 10.7. The van der Waals surface area contributed by atoms with Gasteiger partial charge in [0.25, 0.3) is 5.69 Å². The van der Waals surface area contributed by atoms with Crippen LogP contribution >= 0.6 is 11.6 Å². The van der Waals surface area contributed by atoms with Gasteiger partial charge < -0.3 is 5.32 Å². The van der Waals surface area contributed by atoms with E-state index in [-0.39, 0.29) is 11.5 Å². The number of anilines is 1. The number of hydrogen-bond donors (Lipinski definition) is 1. The summed E-state index contributed by atoms with van der Waals surface area (Å²) in [5.41, 5.74) is 0.666. The van der Waals surface area contributed by atoms with Crippen molar-refractivity contribution in [3.05, 3.63) is 69.4 Å². The molecule has 0 aliphatic rings. The molecule has 0 aliphatic carbocycles. The number of aromatic nitrogens is 1. The Kier molecular flexibility index (Phi) is 4.63. The maximum atomic E-state index is 11.7. The van der Waals surface area contributed by atoms with Crippen molar-refractivity contribution in [1.29, 1.82) is 0 Å². The molecule has 1 N–H and O–H groups in total. The van der Waals surface area contributed by atoms with Crippen molar-refractivity contribution in [1.82, 2.24) is 4.98 Å². The average molecular weight is 304 g/mol. The van der Waals surface area contributed by atoms with E-state index in [4.69, 9.17) is 11.6 Å². The van der Waals surface area contributed by atoms with Gasteiger partial charge in [-0.1, -0.05) is 11.6 Å². The van der Waals surface area contributed by atoms with Crippen LogP contribution in [0.1, 0.15) is 5.56 Å². The highest BCUT2D eigenvalue weighted by Gasteiger charge is 2.04. The van der Waals surface area contributed by atoms with Crippen LogP contribution in [0.2, 0.25) is 5.02 Å². The molecule has 0 spiro atoms. The minimum absolute atomic E-state index is 0.00290. The van der Waals surface area contributed by atoms with Gasteiger partial charge >= 0.3 is 0 Å². The summed E-state index contributed by atoms with van der Waals surface area (Å²) in [5.74, 6) is -0.119. The molecule has 6 nitrogen and oxygen atoms in total. The van der Waals surface area contributed by atoms with E-state index in [0.29, 0.717) is 10.6 Å². The highest BCUT2D eigenvalue weighted by Crippen LogP contribution is 2.17. The molecule has 0 saturated carbocycles. The van der Waals surface area contributed by atoms with Crippen molar-refractivity contribution < 1.29 is 9.72 Å². The number of hydrogen-bond acceptors (Lipinski definition) is 4. The van der Waals surface area contributed by atoms with Crippen molar-refractivity contribution in [2.45, 2.75) is 0 Å². The van der Waals surface area contributed by atoms with Gasteiger partial charge in [-0.25, -0.2) is 4.98 Å². The highest BCUT2D eigenvalue weighted by atomic mass is 35.5. The predicted molar refractivity (Wildman–Crippen MR) is 80.0 cm³/mol. The maximum Gasteiger partial charge on any atom is 0.269 e. The predicted octanol–water partition coefficient (Wildman–Crippen LogP) is 3.30. The van der Waals surface area contributed by atoms with Crippen LogP contribution in [0.5, 0.6) is 0 Å². The Morgan fingerprint density at radius 2 is 2.00 bits per heavy atom. The molecular weight excluding hydrogens is 294 g/mol. The van der Waals surface area contributed by atoms with Crippen molar-refractivity contribution in [2.75, 3.05) is 5.32 Å². The lowest BCUT2D eigenvalue weighted by atomic mass is 10.2. The molecule has 2 rings (SSSR count). The largest absolute Gasteiger partial charge is 0.306 e. The van der Waals surface area contributed by atoms with Gasteiger partial charge in [0.15, 0.2) is 5.82 Å². The third kappa shape index (κ3) is 4.12. The first kappa shape index (κ1) is 14.7. The van der Waals surface area contributed by atoms with E-state index in [1.54, 1.807) is 24.3 Å². The number of non-ortho nitro benzene ring substituents is 1. The normalized spacial score (nSPS) is 10.5. The van der Waals surface area contributed by atoms with Gasteiger partial charge in [-0.15, -0.1) is 0 Å². The summed E-state index contributed by atoms with van der Waals surface area (Å²) < 4.78 is 0. The van der Waals surface area contributed by atoms with Crippen LogP contribution in [0.3, 0.4) is 0 Å². The molecule has 1 aromatic heterocycles. The minimum atomic E-state index is -0.483. The summed E-state index contributed by atoms with van der Waals surface area (Å²) >= 11 is 5.87. The number of nitrogens with zero attached hydrogens (tertiary/aromatic N) is 2. The number of halogens is 1. The SMILES string of the molecule is O=C(/C=C/c1ccc([N+](=O)[O-])cc1)Nc1ncccc1Cl. The van der Waals surface area contributed by atoms with Crippen molar-refractivity contribution >= 4 is 35.1 Å². The van der Waals surface area contributed by atoms with Crippen molar-refractivity contribution in [2.24, 2.45) is 0 Å². The Bertz CT molecular complexity index is 699. The second-order valence-corrected chi connectivity index (χ2v) is 4.41. The standard InChI is InChI=1S/C14H10ClN3O3/c15-12-2-1-9-16-14(12)17-13(19)8-5-10-3-6-11(7-4-10)18(20)21/h1-9H,(H,16,17,19)/b8-5+. The van der Waals surface area contributed by atoms with Gasteiger partial charge in [0, 0.05) is 24.4 Å². The van der Waals surface area contributed by atoms with E-state index in [1.807, 2.05) is 0 Å². The minimum Gasteiger partial charge on any atom is -0.306 e. The smallest absolute Gasteiger partial charge is 0.269 e. The molecule has 1 amide bonds. The molecule has 0 atom stereocenters. The number of amides is 1. The van der Waals surface area contributed by atoms with Crippen LogP contribution in [0.15, 0.2) is 48.7 Å². The average Bonchev–Trinajstić information content (AvgIpc) is 2.48. The maximum absolute atomic E-state index is 11.7. The summed E-state index contributed by atoms with van der Waals surface area (Å²) in [6.45, 7) is 0. The van der Waals surface area contributed by atoms with E-state index < -0.39 is 10.8 Å². The Morgan fingerprint density at radius 1 is 1.29 bits per heavy atom. The van der Waals surface area contributed by atoms with Gasteiger partial charge in [-0.2, -0.15) is 0 Å². The number of pyridine rings is 1. The fourth-order valence-electron chi connectivity index (χ4n) is 1.52. The van der Waals surface area contributed by atoms with Crippen LogP contribution < -0.4 is 5.32 Å². The lowest BCUT2D eigenvalue weighted by Crippen LogP contribution is -2.09. The lowest BCUT2D eigenvalue weighted by molar-refractivity contribution is -0.384. The molecule has 0 aliphatic heterocycles. The number of nitrogens with one attached hydrogen (secondary N) is 1. The van der Waals surface area contributed by atoms with Gasteiger partial charge in [-0.3, -0.25) is 14.9 Å². The van der Waals surface area contributed by atoms with Crippen LogP contribution in [-0.4, -0.2) is 15.8 Å². The first-order valence-electron chi connectivity index (χ1n) is 5.90. The molecule has 1 heterocycles. The Hall–Kier alpha value is -2.73. The van der Waals surface area contributed by atoms with Crippen molar-refractivity contribution in [3.63, 3.8) is 0 Å². The van der Waals surface area contributed by atoms with Gasteiger partial charge in [0.2, 0.25) is 5.91 Å². The molecule has 1 aromatic carbocycles. The number of nitro benzene ring substituents is 1. The fraction of sp³-hybridized carbons (Fsp3) is 0. The fourth-order valence-corrected chi connectivity index (χ4v) is 1.68. The molecule has 2 aromatic rings. The first-order valence-corrected chi connectivity index (χ1v) is 6.28. The summed E-state index contributed by atoms with van der Waals surface area (Å²) in [7, 11) is 0. The van der Waals surface area contributed by atoms with E-state index in [0.717, 1.165) is 0 Å². The third-order valence-corrected chi connectivity index (χ3v) is 2.84. The zero-order valence-corrected chi connectivity index (χ0v) is 11.4. The summed E-state index contributed by atoms with van der Waals surface area (Å²) in [5, 5.41) is 13.4. The molecule has 0 saturated heterocycles. The second kappa shape index (κ2) is 6.62. The number of nitro groups is 1. The van der Waals surface area contributed by atoms with E-state index in [2.05, 4.69) is 10.3 Å². The zero-order chi connectivity index (χ0) is 15.2. The summed E-state index contributed by atoms with van der Waals surface area (Å²) in [6.07, 6.45) is 4.35. The lowest BCUT2D eigenvalue weighted by Gasteiger charge is -2.02. The molecule has 21 heavy (non-hydrogen) atoms. The van der Waals surface area contributed by atoms with Crippen molar-refractivity contribution in [3.8, 4) is 0 Å². The number of benzene rings is 1. The van der Waals surface area contributed by atoms with Crippen LogP contribution in [-0.2, 0) is 4.79 Å². The monoisotopic (exact) mass is 303 g/mol. The van der Waals surface area contributed by atoms with E-state index in [1.165, 1.54) is 30.5 Å². The molecule has 0 unspecified atom stereocenters. The topological polar surface area (TPSA) is 85.1 Å². The van der Waals surface area contributed by atoms with E-state index >= 15 is 0 Å². The second-order valence-electron chi connectivity index (χ2n) is 4.01. The summed E-state index contributed by atoms with van der Waals surface area (Å²) in [4.78, 5) is 25.7. The highest BCUT2D eigenvalue weighted by molar-refractivity contribution is 6.33. The Labute approximate surface area is 125 Å².